The third kappa shape index (κ3) is 4.55. The van der Waals surface area contributed by atoms with Crippen LogP contribution in [0.5, 0.6) is 0 Å². The molecule has 0 saturated carbocycles. The number of rotatable bonds is 5. The highest BCUT2D eigenvalue weighted by Crippen LogP contribution is 2.25. The van der Waals surface area contributed by atoms with Crippen LogP contribution in [0.15, 0.2) is 46.9 Å². The zero-order valence-electron chi connectivity index (χ0n) is 14.8. The first-order chi connectivity index (χ1) is 12.6. The molecule has 0 radical (unpaired) electrons. The van der Waals surface area contributed by atoms with E-state index < -0.39 is 0 Å². The Kier molecular flexibility index (Phi) is 6.14. The van der Waals surface area contributed by atoms with E-state index in [1.165, 1.54) is 11.8 Å². The van der Waals surface area contributed by atoms with E-state index in [4.69, 9.17) is 4.74 Å². The van der Waals surface area contributed by atoms with Gasteiger partial charge in [0, 0.05) is 36.3 Å². The first-order valence-electron chi connectivity index (χ1n) is 8.76. The van der Waals surface area contributed by atoms with Crippen molar-refractivity contribution in [2.24, 2.45) is 0 Å². The third-order valence-corrected chi connectivity index (χ3v) is 5.01. The fourth-order valence-electron chi connectivity index (χ4n) is 3.15. The van der Waals surface area contributed by atoms with Gasteiger partial charge in [0.1, 0.15) is 5.82 Å². The maximum Gasteiger partial charge on any atom is 0.310 e. The Morgan fingerprint density at radius 1 is 1.08 bits per heavy atom. The molecule has 4 nitrogen and oxygen atoms in total. The maximum absolute atomic E-state index is 14.5. The van der Waals surface area contributed by atoms with E-state index in [9.17, 15) is 9.18 Å². The smallest absolute Gasteiger partial charge is 0.310 e. The lowest BCUT2D eigenvalue weighted by molar-refractivity contribution is -0.142. The van der Waals surface area contributed by atoms with Crippen LogP contribution in [0.2, 0.25) is 0 Å². The molecule has 2 aromatic rings. The summed E-state index contributed by atoms with van der Waals surface area (Å²) >= 11 is 3.45. The summed E-state index contributed by atoms with van der Waals surface area (Å²) in [6.45, 7) is 5.28. The van der Waals surface area contributed by atoms with Gasteiger partial charge in [0.15, 0.2) is 0 Å². The Hall–Kier alpha value is -2.08. The van der Waals surface area contributed by atoms with Gasteiger partial charge in [-0.15, -0.1) is 0 Å². The molecule has 1 fully saturated rings. The van der Waals surface area contributed by atoms with Crippen molar-refractivity contribution >= 4 is 33.3 Å². The lowest BCUT2D eigenvalue weighted by Gasteiger charge is -2.37. The second-order valence-corrected chi connectivity index (χ2v) is 7.13. The van der Waals surface area contributed by atoms with E-state index in [-0.39, 0.29) is 18.2 Å². The highest BCUT2D eigenvalue weighted by atomic mass is 79.9. The molecular formula is C20H22BrFN2O2. The van der Waals surface area contributed by atoms with Gasteiger partial charge in [0.25, 0.3) is 0 Å². The molecule has 1 saturated heterocycles. The molecule has 0 aromatic heterocycles. The number of hydrogen-bond donors (Lipinski definition) is 0. The molecule has 1 aliphatic heterocycles. The number of halogens is 2. The zero-order chi connectivity index (χ0) is 18.5. The summed E-state index contributed by atoms with van der Waals surface area (Å²) in [5.41, 5.74) is 2.41. The van der Waals surface area contributed by atoms with Gasteiger partial charge >= 0.3 is 5.97 Å². The van der Waals surface area contributed by atoms with Crippen LogP contribution in [0, 0.1) is 5.82 Å². The van der Waals surface area contributed by atoms with Crippen molar-refractivity contribution in [3.8, 4) is 0 Å². The standard InChI is InChI=1S/C20H22BrFN2O2/c1-2-26-20(25)14-15-3-8-19(18(22)13-15)24-11-9-23(10-12-24)17-6-4-16(21)5-7-17/h3-8,13H,2,9-12,14H2,1H3. The summed E-state index contributed by atoms with van der Waals surface area (Å²) in [6, 6.07) is 13.2. The van der Waals surface area contributed by atoms with Crippen LogP contribution >= 0.6 is 15.9 Å². The van der Waals surface area contributed by atoms with Crippen LogP contribution in [0.1, 0.15) is 12.5 Å². The molecule has 6 heteroatoms. The number of esters is 1. The van der Waals surface area contributed by atoms with Crippen molar-refractivity contribution in [1.82, 2.24) is 0 Å². The van der Waals surface area contributed by atoms with Gasteiger partial charge < -0.3 is 14.5 Å². The number of carbonyl (C=O) groups is 1. The van der Waals surface area contributed by atoms with Crippen LogP contribution < -0.4 is 9.80 Å². The van der Waals surface area contributed by atoms with Gasteiger partial charge in [0.2, 0.25) is 0 Å². The summed E-state index contributed by atoms with van der Waals surface area (Å²) in [5.74, 6) is -0.619. The van der Waals surface area contributed by atoms with Gasteiger partial charge in [-0.25, -0.2) is 4.39 Å². The van der Waals surface area contributed by atoms with Crippen LogP contribution in [-0.2, 0) is 16.0 Å². The second-order valence-electron chi connectivity index (χ2n) is 6.22. The summed E-state index contributed by atoms with van der Waals surface area (Å²) < 4.78 is 20.5. The van der Waals surface area contributed by atoms with Crippen molar-refractivity contribution in [2.45, 2.75) is 13.3 Å². The van der Waals surface area contributed by atoms with Gasteiger partial charge in [-0.1, -0.05) is 22.0 Å². The van der Waals surface area contributed by atoms with Gasteiger partial charge in [0.05, 0.1) is 18.7 Å². The Bertz CT molecular complexity index is 759. The molecule has 26 heavy (non-hydrogen) atoms. The predicted molar refractivity (Wildman–Crippen MR) is 105 cm³/mol. The van der Waals surface area contributed by atoms with Crippen molar-refractivity contribution in [3.63, 3.8) is 0 Å². The number of ether oxygens (including phenoxy) is 1. The van der Waals surface area contributed by atoms with E-state index in [0.29, 0.717) is 17.9 Å². The first kappa shape index (κ1) is 18.7. The topological polar surface area (TPSA) is 32.8 Å². The van der Waals surface area contributed by atoms with Gasteiger partial charge in [-0.05, 0) is 48.9 Å². The average molecular weight is 421 g/mol. The van der Waals surface area contributed by atoms with E-state index >= 15 is 0 Å². The number of carbonyl (C=O) groups excluding carboxylic acids is 1. The number of anilines is 2. The number of piperazine rings is 1. The predicted octanol–water partition coefficient (Wildman–Crippen LogP) is 4.02. The summed E-state index contributed by atoms with van der Waals surface area (Å²) in [6.07, 6.45) is 0.0996. The molecular weight excluding hydrogens is 399 g/mol. The largest absolute Gasteiger partial charge is 0.466 e. The van der Waals surface area contributed by atoms with Crippen LogP contribution in [0.3, 0.4) is 0 Å². The molecule has 0 bridgehead atoms. The van der Waals surface area contributed by atoms with Crippen molar-refractivity contribution in [2.75, 3.05) is 42.6 Å². The molecule has 138 valence electrons. The highest BCUT2D eigenvalue weighted by Gasteiger charge is 2.20. The van der Waals surface area contributed by atoms with E-state index in [1.807, 2.05) is 12.1 Å². The normalized spacial score (nSPS) is 14.4. The zero-order valence-corrected chi connectivity index (χ0v) is 16.3. The quantitative estimate of drug-likeness (QED) is 0.683. The molecule has 0 spiro atoms. The van der Waals surface area contributed by atoms with Crippen molar-refractivity contribution in [1.29, 1.82) is 0 Å². The molecule has 0 N–H and O–H groups in total. The average Bonchev–Trinajstić information content (AvgIpc) is 2.63. The fourth-order valence-corrected chi connectivity index (χ4v) is 3.42. The first-order valence-corrected chi connectivity index (χ1v) is 9.55. The SMILES string of the molecule is CCOC(=O)Cc1ccc(N2CCN(c3ccc(Br)cc3)CC2)c(F)c1. The summed E-state index contributed by atoms with van der Waals surface area (Å²) in [7, 11) is 0. The molecule has 3 rings (SSSR count). The fraction of sp³-hybridized carbons (Fsp3) is 0.350. The molecule has 0 atom stereocenters. The van der Waals surface area contributed by atoms with Crippen molar-refractivity contribution in [3.05, 3.63) is 58.3 Å². The van der Waals surface area contributed by atoms with Crippen molar-refractivity contribution < 1.29 is 13.9 Å². The molecule has 0 amide bonds. The second kappa shape index (κ2) is 8.54. The monoisotopic (exact) mass is 420 g/mol. The molecule has 0 aliphatic carbocycles. The Balaban J connectivity index is 1.62. The minimum absolute atomic E-state index is 0.0996. The molecule has 0 unspecified atom stereocenters. The minimum Gasteiger partial charge on any atom is -0.466 e. The Morgan fingerprint density at radius 3 is 2.35 bits per heavy atom. The highest BCUT2D eigenvalue weighted by molar-refractivity contribution is 9.10. The lowest BCUT2D eigenvalue weighted by atomic mass is 10.1. The van der Waals surface area contributed by atoms with E-state index in [0.717, 1.165) is 30.7 Å². The maximum atomic E-state index is 14.5. The van der Waals surface area contributed by atoms with E-state index in [2.05, 4.69) is 37.9 Å². The van der Waals surface area contributed by atoms with Crippen LogP contribution in [0.25, 0.3) is 0 Å². The Morgan fingerprint density at radius 2 is 1.73 bits per heavy atom. The number of hydrogen-bond acceptors (Lipinski definition) is 4. The number of benzene rings is 2. The van der Waals surface area contributed by atoms with Crippen LogP contribution in [-0.4, -0.2) is 38.8 Å². The summed E-state index contributed by atoms with van der Waals surface area (Å²) in [5, 5.41) is 0. The molecule has 1 heterocycles. The van der Waals surface area contributed by atoms with E-state index in [1.54, 1.807) is 19.1 Å². The molecule has 2 aromatic carbocycles. The van der Waals surface area contributed by atoms with Gasteiger partial charge in [-0.2, -0.15) is 0 Å². The molecule has 1 aliphatic rings. The lowest BCUT2D eigenvalue weighted by Crippen LogP contribution is -2.46. The third-order valence-electron chi connectivity index (χ3n) is 4.48. The Labute approximate surface area is 161 Å². The van der Waals surface area contributed by atoms with Gasteiger partial charge in [-0.3, -0.25) is 4.79 Å². The summed E-state index contributed by atoms with van der Waals surface area (Å²) in [4.78, 5) is 15.9. The number of nitrogens with zero attached hydrogens (tertiary/aromatic N) is 2. The minimum atomic E-state index is -0.331. The van der Waals surface area contributed by atoms with Crippen LogP contribution in [0.4, 0.5) is 15.8 Å².